The third-order valence-corrected chi connectivity index (χ3v) is 2.46. The van der Waals surface area contributed by atoms with Gasteiger partial charge < -0.3 is 4.74 Å². The first-order chi connectivity index (χ1) is 6.92. The largest absolute Gasteiger partial charge is 0.455 e. The molecule has 0 saturated carbocycles. The molecule has 0 fully saturated rings. The Balaban J connectivity index is 3.09. The molecule has 0 rings (SSSR count). The topological polar surface area (TPSA) is 26.3 Å². The number of ether oxygens (including phenoxy) is 1. The molecule has 90 valence electrons. The second-order valence-corrected chi connectivity index (χ2v) is 4.14. The lowest BCUT2D eigenvalue weighted by Gasteiger charge is -2.05. The number of unbranched alkanes of at least 4 members (excludes halogenated alkanes) is 2. The van der Waals surface area contributed by atoms with E-state index < -0.39 is 12.6 Å². The van der Waals surface area contributed by atoms with E-state index in [1.165, 1.54) is 18.7 Å². The number of hydrogen-bond donors (Lipinski definition) is 0. The fourth-order valence-corrected chi connectivity index (χ4v) is 1.67. The number of carbonyl (C=O) groups is 1. The number of rotatable bonds is 7. The van der Waals surface area contributed by atoms with E-state index in [1.807, 2.05) is 0 Å². The third-order valence-electron chi connectivity index (χ3n) is 1.59. The minimum Gasteiger partial charge on any atom is -0.455 e. The van der Waals surface area contributed by atoms with Gasteiger partial charge in [-0.15, -0.1) is 11.8 Å². The van der Waals surface area contributed by atoms with E-state index in [4.69, 9.17) is 0 Å². The highest BCUT2D eigenvalue weighted by molar-refractivity contribution is 7.99. The molecule has 0 aliphatic heterocycles. The number of carbonyl (C=O) groups excluding carboxylic acids is 1. The van der Waals surface area contributed by atoms with Crippen molar-refractivity contribution in [2.75, 3.05) is 11.7 Å². The van der Waals surface area contributed by atoms with Crippen molar-refractivity contribution in [1.82, 2.24) is 0 Å². The van der Waals surface area contributed by atoms with E-state index in [0.717, 1.165) is 12.2 Å². The Morgan fingerprint density at radius 1 is 1.27 bits per heavy atom. The lowest BCUT2D eigenvalue weighted by molar-refractivity contribution is -0.139. The molecule has 0 heterocycles. The van der Waals surface area contributed by atoms with Crippen LogP contribution in [0.15, 0.2) is 0 Å². The maximum absolute atomic E-state index is 11.7. The van der Waals surface area contributed by atoms with E-state index >= 15 is 0 Å². The van der Waals surface area contributed by atoms with Crippen LogP contribution in [0.3, 0.4) is 0 Å². The van der Waals surface area contributed by atoms with E-state index in [2.05, 4.69) is 4.74 Å². The fourth-order valence-electron chi connectivity index (χ4n) is 0.890. The second kappa shape index (κ2) is 7.84. The molecule has 0 bridgehead atoms. The summed E-state index contributed by atoms with van der Waals surface area (Å²) in [6, 6.07) is 0. The van der Waals surface area contributed by atoms with Crippen molar-refractivity contribution in [1.29, 1.82) is 0 Å². The van der Waals surface area contributed by atoms with Gasteiger partial charge in [-0.1, -0.05) is 6.42 Å². The van der Waals surface area contributed by atoms with Crippen LogP contribution in [0.5, 0.6) is 0 Å². The van der Waals surface area contributed by atoms with Gasteiger partial charge in [-0.05, 0) is 18.6 Å². The molecule has 0 aliphatic carbocycles. The molecule has 15 heavy (non-hydrogen) atoms. The van der Waals surface area contributed by atoms with Gasteiger partial charge in [0.25, 0.3) is 0 Å². The van der Waals surface area contributed by atoms with Gasteiger partial charge in [-0.2, -0.15) is 13.2 Å². The normalized spacial score (nSPS) is 11.5. The van der Waals surface area contributed by atoms with Crippen LogP contribution < -0.4 is 0 Å². The molecule has 6 heteroatoms. The van der Waals surface area contributed by atoms with Crippen LogP contribution in [0.2, 0.25) is 0 Å². The van der Waals surface area contributed by atoms with Crippen LogP contribution in [0.25, 0.3) is 0 Å². The molecule has 0 saturated heterocycles. The molecule has 0 N–H and O–H groups in total. The third kappa shape index (κ3) is 13.6. The first-order valence-corrected chi connectivity index (χ1v) is 5.85. The summed E-state index contributed by atoms with van der Waals surface area (Å²) in [5, 5.41) is 0. The Morgan fingerprint density at radius 2 is 1.93 bits per heavy atom. The Hall–Kier alpha value is -0.390. The average Bonchev–Trinajstić information content (AvgIpc) is 2.07. The average molecular weight is 244 g/mol. The first-order valence-electron chi connectivity index (χ1n) is 4.69. The minimum absolute atomic E-state index is 0.178. The van der Waals surface area contributed by atoms with Crippen molar-refractivity contribution in [3.8, 4) is 0 Å². The quantitative estimate of drug-likeness (QED) is 0.390. The van der Waals surface area contributed by atoms with Gasteiger partial charge in [0.15, 0.2) is 0 Å². The van der Waals surface area contributed by atoms with Crippen molar-refractivity contribution >= 4 is 17.7 Å². The van der Waals surface area contributed by atoms with Gasteiger partial charge in [-0.25, -0.2) is 0 Å². The molecule has 0 aromatic rings. The van der Waals surface area contributed by atoms with Crippen molar-refractivity contribution in [3.63, 3.8) is 0 Å². The maximum atomic E-state index is 11.7. The fraction of sp³-hybridized carbons (Fsp3) is 0.889. The SMILES string of the molecule is CC(=O)OCSCCCCCC(F)(F)F. The number of alkyl halides is 3. The highest BCUT2D eigenvalue weighted by Gasteiger charge is 2.25. The van der Waals surface area contributed by atoms with Crippen molar-refractivity contribution in [2.24, 2.45) is 0 Å². The van der Waals surface area contributed by atoms with Crippen molar-refractivity contribution < 1.29 is 22.7 Å². The molecule has 0 aromatic carbocycles. The standard InChI is InChI=1S/C9H15F3O2S/c1-8(13)14-7-15-6-4-2-3-5-9(10,11)12/h2-7H2,1H3. The molecule has 0 radical (unpaired) electrons. The molecule has 0 aliphatic rings. The highest BCUT2D eigenvalue weighted by Crippen LogP contribution is 2.22. The van der Waals surface area contributed by atoms with Crippen molar-refractivity contribution in [3.05, 3.63) is 0 Å². The summed E-state index contributed by atoms with van der Waals surface area (Å²) >= 11 is 1.42. The maximum Gasteiger partial charge on any atom is 0.389 e. The summed E-state index contributed by atoms with van der Waals surface area (Å²) in [6.45, 7) is 1.32. The summed E-state index contributed by atoms with van der Waals surface area (Å²) in [5.41, 5.74) is 0. The number of esters is 1. The molecule has 2 nitrogen and oxygen atoms in total. The lowest BCUT2D eigenvalue weighted by atomic mass is 10.2. The molecular formula is C9H15F3O2S. The van der Waals surface area contributed by atoms with Gasteiger partial charge in [-0.3, -0.25) is 4.79 Å². The Bertz CT molecular complexity index is 183. The van der Waals surface area contributed by atoms with E-state index in [1.54, 1.807) is 0 Å². The smallest absolute Gasteiger partial charge is 0.389 e. The Morgan fingerprint density at radius 3 is 2.47 bits per heavy atom. The van der Waals surface area contributed by atoms with E-state index in [9.17, 15) is 18.0 Å². The zero-order valence-corrected chi connectivity index (χ0v) is 9.42. The minimum atomic E-state index is -4.04. The summed E-state index contributed by atoms with van der Waals surface area (Å²) in [6.07, 6.45) is -3.28. The van der Waals surface area contributed by atoms with Crippen LogP contribution in [0, 0.1) is 0 Å². The van der Waals surface area contributed by atoms with Crippen LogP contribution in [-0.2, 0) is 9.53 Å². The zero-order chi connectivity index (χ0) is 11.7. The first kappa shape index (κ1) is 14.6. The molecule has 0 atom stereocenters. The van der Waals surface area contributed by atoms with Gasteiger partial charge >= 0.3 is 12.1 Å². The van der Waals surface area contributed by atoms with Gasteiger partial charge in [0, 0.05) is 13.3 Å². The molecular weight excluding hydrogens is 229 g/mol. The lowest BCUT2D eigenvalue weighted by Crippen LogP contribution is -2.06. The molecule has 0 aromatic heterocycles. The van der Waals surface area contributed by atoms with Crippen LogP contribution in [0.1, 0.15) is 32.6 Å². The summed E-state index contributed by atoms with van der Waals surface area (Å²) in [5.74, 6) is 0.680. The van der Waals surface area contributed by atoms with Gasteiger partial charge in [0.1, 0.15) is 5.94 Å². The molecule has 0 amide bonds. The van der Waals surface area contributed by atoms with Crippen LogP contribution in [-0.4, -0.2) is 23.8 Å². The van der Waals surface area contributed by atoms with Crippen LogP contribution in [0.4, 0.5) is 13.2 Å². The molecule has 0 spiro atoms. The van der Waals surface area contributed by atoms with Crippen LogP contribution >= 0.6 is 11.8 Å². The number of thioether (sulfide) groups is 1. The predicted octanol–water partition coefficient (Wildman–Crippen LogP) is 3.36. The Kier molecular flexibility index (Phi) is 7.64. The van der Waals surface area contributed by atoms with E-state index in [-0.39, 0.29) is 18.3 Å². The van der Waals surface area contributed by atoms with Crippen molar-refractivity contribution in [2.45, 2.75) is 38.8 Å². The number of hydrogen-bond acceptors (Lipinski definition) is 3. The second-order valence-electron chi connectivity index (χ2n) is 3.09. The predicted molar refractivity (Wildman–Crippen MR) is 53.6 cm³/mol. The summed E-state index contributed by atoms with van der Waals surface area (Å²) in [7, 11) is 0. The molecule has 0 unspecified atom stereocenters. The number of halogens is 3. The van der Waals surface area contributed by atoms with E-state index in [0.29, 0.717) is 6.42 Å². The zero-order valence-electron chi connectivity index (χ0n) is 8.60. The monoisotopic (exact) mass is 244 g/mol. The Labute approximate surface area is 91.6 Å². The highest BCUT2D eigenvalue weighted by atomic mass is 32.2. The van der Waals surface area contributed by atoms with Gasteiger partial charge in [0.05, 0.1) is 0 Å². The summed E-state index contributed by atoms with van der Waals surface area (Å²) < 4.78 is 39.8. The van der Waals surface area contributed by atoms with Gasteiger partial charge in [0.2, 0.25) is 0 Å². The summed E-state index contributed by atoms with van der Waals surface area (Å²) in [4.78, 5) is 10.3.